The first-order chi connectivity index (χ1) is 15.4. The van der Waals surface area contributed by atoms with Crippen molar-refractivity contribution in [3.63, 3.8) is 0 Å². The molecular formula is C24H30N2O6. The van der Waals surface area contributed by atoms with E-state index in [9.17, 15) is 9.59 Å². The van der Waals surface area contributed by atoms with Crippen LogP contribution in [0, 0.1) is 0 Å². The van der Waals surface area contributed by atoms with Gasteiger partial charge < -0.3 is 18.9 Å². The maximum Gasteiger partial charge on any atom is 0.414 e. The molecule has 0 saturated heterocycles. The number of hydrogen-bond acceptors (Lipinski definition) is 6. The van der Waals surface area contributed by atoms with Crippen LogP contribution in [0.3, 0.4) is 0 Å². The fourth-order valence-electron chi connectivity index (χ4n) is 4.12. The largest absolute Gasteiger partial charge is 0.493 e. The number of carbonyl (C=O) groups is 2. The zero-order chi connectivity index (χ0) is 23.3. The molecule has 1 heterocycles. The van der Waals surface area contributed by atoms with Gasteiger partial charge in [-0.1, -0.05) is 30.3 Å². The Balaban J connectivity index is 2.14. The fourth-order valence-corrected chi connectivity index (χ4v) is 4.12. The summed E-state index contributed by atoms with van der Waals surface area (Å²) in [5.41, 5.74) is 2.35. The number of rotatable bonds is 6. The molecule has 0 bridgehead atoms. The molecule has 0 aromatic heterocycles. The highest BCUT2D eigenvalue weighted by Crippen LogP contribution is 2.46. The smallest absolute Gasteiger partial charge is 0.414 e. The van der Waals surface area contributed by atoms with Gasteiger partial charge >= 0.3 is 12.2 Å². The Labute approximate surface area is 188 Å². The van der Waals surface area contributed by atoms with E-state index in [1.807, 2.05) is 43.3 Å². The van der Waals surface area contributed by atoms with Crippen molar-refractivity contribution in [3.8, 4) is 11.5 Å². The van der Waals surface area contributed by atoms with Crippen LogP contribution in [-0.2, 0) is 16.0 Å². The summed E-state index contributed by atoms with van der Waals surface area (Å²) >= 11 is 0. The maximum atomic E-state index is 12.9. The molecule has 0 saturated carbocycles. The predicted molar refractivity (Wildman–Crippen MR) is 120 cm³/mol. The quantitative estimate of drug-likeness (QED) is 0.641. The van der Waals surface area contributed by atoms with Crippen LogP contribution in [0.5, 0.6) is 11.5 Å². The highest BCUT2D eigenvalue weighted by molar-refractivity contribution is 5.91. The number of nitrogens with zero attached hydrogens (tertiary/aromatic N) is 2. The van der Waals surface area contributed by atoms with E-state index in [2.05, 4.69) is 0 Å². The van der Waals surface area contributed by atoms with Crippen LogP contribution < -0.4 is 14.4 Å². The number of ether oxygens (including phenoxy) is 4. The molecule has 0 spiro atoms. The number of methoxy groups -OCH3 is 3. The standard InChI is InChI=1S/C24H30N2O6/c1-6-32-24(28)26-16(2)12-19(18-13-21(29-3)22(30-4)14-20(18)26)25(23(27)31-5)15-17-10-8-7-9-11-17/h7-11,13-14,16,19H,6,12,15H2,1-5H3. The molecule has 2 amide bonds. The van der Waals surface area contributed by atoms with E-state index in [-0.39, 0.29) is 18.7 Å². The van der Waals surface area contributed by atoms with Crippen LogP contribution in [0.4, 0.5) is 15.3 Å². The second kappa shape index (κ2) is 10.3. The summed E-state index contributed by atoms with van der Waals surface area (Å²) in [5, 5.41) is 0. The topological polar surface area (TPSA) is 77.5 Å². The van der Waals surface area contributed by atoms with E-state index in [1.165, 1.54) is 7.11 Å². The number of carbonyl (C=O) groups excluding carboxylic acids is 2. The molecule has 172 valence electrons. The highest BCUT2D eigenvalue weighted by atomic mass is 16.6. The minimum atomic E-state index is -0.448. The van der Waals surface area contributed by atoms with Crippen LogP contribution in [0.15, 0.2) is 42.5 Å². The molecule has 0 fully saturated rings. The summed E-state index contributed by atoms with van der Waals surface area (Å²) < 4.78 is 21.4. The Morgan fingerprint density at radius 1 is 1.06 bits per heavy atom. The monoisotopic (exact) mass is 442 g/mol. The molecule has 2 unspecified atom stereocenters. The molecule has 2 atom stereocenters. The molecule has 2 aromatic carbocycles. The second-order valence-electron chi connectivity index (χ2n) is 7.52. The van der Waals surface area contributed by atoms with Gasteiger partial charge in [-0.3, -0.25) is 9.80 Å². The lowest BCUT2D eigenvalue weighted by Crippen LogP contribution is -2.47. The molecule has 0 aliphatic carbocycles. The van der Waals surface area contributed by atoms with Crippen molar-refractivity contribution in [2.45, 2.75) is 38.9 Å². The van der Waals surface area contributed by atoms with Crippen molar-refractivity contribution in [1.29, 1.82) is 0 Å². The van der Waals surface area contributed by atoms with E-state index in [4.69, 9.17) is 18.9 Å². The van der Waals surface area contributed by atoms with Gasteiger partial charge in [-0.25, -0.2) is 9.59 Å². The van der Waals surface area contributed by atoms with Gasteiger partial charge in [-0.2, -0.15) is 0 Å². The second-order valence-corrected chi connectivity index (χ2v) is 7.52. The normalized spacial score (nSPS) is 17.2. The third-order valence-corrected chi connectivity index (χ3v) is 5.60. The van der Waals surface area contributed by atoms with Crippen LogP contribution >= 0.6 is 0 Å². The van der Waals surface area contributed by atoms with Crippen LogP contribution in [0.1, 0.15) is 37.4 Å². The highest BCUT2D eigenvalue weighted by Gasteiger charge is 2.40. The SMILES string of the molecule is CCOC(=O)N1c2cc(OC)c(OC)cc2C(N(Cc2ccccc2)C(=O)OC)CC1C. The first-order valence-electron chi connectivity index (χ1n) is 10.6. The summed E-state index contributed by atoms with van der Waals surface area (Å²) in [6, 6.07) is 12.7. The zero-order valence-electron chi connectivity index (χ0n) is 19.2. The summed E-state index contributed by atoms with van der Waals surface area (Å²) in [6.07, 6.45) is -0.389. The van der Waals surface area contributed by atoms with Gasteiger partial charge in [-0.15, -0.1) is 0 Å². The summed E-state index contributed by atoms with van der Waals surface area (Å²) in [5.74, 6) is 1.00. The Kier molecular flexibility index (Phi) is 7.45. The van der Waals surface area contributed by atoms with Crippen molar-refractivity contribution in [2.24, 2.45) is 0 Å². The van der Waals surface area contributed by atoms with Gasteiger partial charge in [0.05, 0.1) is 39.7 Å². The average Bonchev–Trinajstić information content (AvgIpc) is 2.81. The van der Waals surface area contributed by atoms with E-state index in [0.29, 0.717) is 30.2 Å². The molecule has 8 heteroatoms. The third-order valence-electron chi connectivity index (χ3n) is 5.60. The first kappa shape index (κ1) is 23.2. The number of benzene rings is 2. The molecular weight excluding hydrogens is 412 g/mol. The Morgan fingerprint density at radius 3 is 2.31 bits per heavy atom. The fraction of sp³-hybridized carbons (Fsp3) is 0.417. The van der Waals surface area contributed by atoms with Gasteiger partial charge in [0.1, 0.15) is 0 Å². The molecule has 1 aliphatic heterocycles. The summed E-state index contributed by atoms with van der Waals surface area (Å²) in [7, 11) is 4.46. The lowest BCUT2D eigenvalue weighted by atomic mass is 9.90. The minimum absolute atomic E-state index is 0.229. The Hall–Kier alpha value is -3.42. The summed E-state index contributed by atoms with van der Waals surface area (Å²) in [4.78, 5) is 29.0. The van der Waals surface area contributed by atoms with E-state index in [1.54, 1.807) is 37.0 Å². The number of fused-ring (bicyclic) bond motifs is 1. The Bertz CT molecular complexity index is 949. The van der Waals surface area contributed by atoms with Gasteiger partial charge in [0.2, 0.25) is 0 Å². The van der Waals surface area contributed by atoms with E-state index >= 15 is 0 Å². The molecule has 0 radical (unpaired) electrons. The van der Waals surface area contributed by atoms with Crippen molar-refractivity contribution < 1.29 is 28.5 Å². The zero-order valence-corrected chi connectivity index (χ0v) is 19.2. The molecule has 3 rings (SSSR count). The maximum absolute atomic E-state index is 12.9. The molecule has 0 N–H and O–H groups in total. The lowest BCUT2D eigenvalue weighted by Gasteiger charge is -2.42. The number of anilines is 1. The van der Waals surface area contributed by atoms with Gasteiger partial charge in [-0.05, 0) is 31.9 Å². The average molecular weight is 443 g/mol. The molecule has 1 aliphatic rings. The number of amides is 2. The molecule has 2 aromatic rings. The Morgan fingerprint density at radius 2 is 1.72 bits per heavy atom. The lowest BCUT2D eigenvalue weighted by molar-refractivity contribution is 0.0941. The minimum Gasteiger partial charge on any atom is -0.493 e. The van der Waals surface area contributed by atoms with E-state index < -0.39 is 12.2 Å². The summed E-state index contributed by atoms with van der Waals surface area (Å²) in [6.45, 7) is 4.32. The van der Waals surface area contributed by atoms with Crippen molar-refractivity contribution in [2.75, 3.05) is 32.8 Å². The van der Waals surface area contributed by atoms with E-state index in [0.717, 1.165) is 11.1 Å². The van der Waals surface area contributed by atoms with Crippen LogP contribution in [-0.4, -0.2) is 51.1 Å². The van der Waals surface area contributed by atoms with Crippen LogP contribution in [0.2, 0.25) is 0 Å². The van der Waals surface area contributed by atoms with Crippen molar-refractivity contribution >= 4 is 17.9 Å². The predicted octanol–water partition coefficient (Wildman–Crippen LogP) is 4.77. The third kappa shape index (κ3) is 4.59. The van der Waals surface area contributed by atoms with Crippen LogP contribution in [0.25, 0.3) is 0 Å². The van der Waals surface area contributed by atoms with Gasteiger partial charge in [0, 0.05) is 24.2 Å². The first-order valence-corrected chi connectivity index (χ1v) is 10.6. The van der Waals surface area contributed by atoms with Crippen molar-refractivity contribution in [3.05, 3.63) is 53.6 Å². The molecule has 32 heavy (non-hydrogen) atoms. The number of hydrogen-bond donors (Lipinski definition) is 0. The molecule has 8 nitrogen and oxygen atoms in total. The van der Waals surface area contributed by atoms with Gasteiger partial charge in [0.15, 0.2) is 11.5 Å². The van der Waals surface area contributed by atoms with Crippen molar-refractivity contribution in [1.82, 2.24) is 4.90 Å². The van der Waals surface area contributed by atoms with Gasteiger partial charge in [0.25, 0.3) is 0 Å².